The summed E-state index contributed by atoms with van der Waals surface area (Å²) in [5.74, 6) is 0.0623. The van der Waals surface area contributed by atoms with Crippen LogP contribution in [0.1, 0.15) is 12.8 Å². The number of aliphatic hydroxyl groups is 1. The molecule has 6 atom stereocenters. The molecule has 1 aliphatic heterocycles. The van der Waals surface area contributed by atoms with Crippen molar-refractivity contribution in [3.8, 4) is 0 Å². The highest BCUT2D eigenvalue weighted by molar-refractivity contribution is 5.88. The highest BCUT2D eigenvalue weighted by atomic mass is 16.6. The number of ether oxygens (including phenoxy) is 2. The van der Waals surface area contributed by atoms with Gasteiger partial charge in [-0.15, -0.1) is 0 Å². The number of hydrogen-bond donors (Lipinski definition) is 1. The van der Waals surface area contributed by atoms with Gasteiger partial charge in [0.2, 0.25) is 0 Å². The van der Waals surface area contributed by atoms with E-state index in [-0.39, 0.29) is 41.0 Å². The molecule has 4 fully saturated rings. The summed E-state index contributed by atoms with van der Waals surface area (Å²) in [7, 11) is 0. The van der Waals surface area contributed by atoms with Crippen LogP contribution in [0, 0.1) is 23.2 Å². The van der Waals surface area contributed by atoms with Gasteiger partial charge in [-0.1, -0.05) is 6.58 Å². The Bertz CT molecular complexity index is 484. The predicted octanol–water partition coefficient (Wildman–Crippen LogP) is 0.0281. The van der Waals surface area contributed by atoms with Crippen molar-refractivity contribution >= 4 is 11.9 Å². The maximum absolute atomic E-state index is 11.7. The summed E-state index contributed by atoms with van der Waals surface area (Å²) in [6.45, 7) is 3.05. The summed E-state index contributed by atoms with van der Waals surface area (Å²) in [6.07, 6.45) is 1.24. The second-order valence-corrected chi connectivity index (χ2v) is 5.92. The predicted molar refractivity (Wildman–Crippen MR) is 58.1 cm³/mol. The van der Waals surface area contributed by atoms with Crippen molar-refractivity contribution in [3.05, 3.63) is 12.2 Å². The maximum atomic E-state index is 11.7. The molecular weight excluding hydrogens is 236 g/mol. The first-order valence-corrected chi connectivity index (χ1v) is 6.28. The van der Waals surface area contributed by atoms with E-state index in [4.69, 9.17) is 14.6 Å². The molecule has 1 heterocycles. The van der Waals surface area contributed by atoms with E-state index in [0.717, 1.165) is 12.8 Å². The van der Waals surface area contributed by atoms with Gasteiger partial charge < -0.3 is 14.6 Å². The van der Waals surface area contributed by atoms with Crippen molar-refractivity contribution < 1.29 is 24.2 Å². The van der Waals surface area contributed by atoms with Crippen molar-refractivity contribution in [2.24, 2.45) is 23.2 Å². The molecule has 2 bridgehead atoms. The van der Waals surface area contributed by atoms with Crippen LogP contribution >= 0.6 is 0 Å². The summed E-state index contributed by atoms with van der Waals surface area (Å²) < 4.78 is 10.8. The number of aliphatic hydroxyl groups excluding tert-OH is 1. The van der Waals surface area contributed by atoms with E-state index in [1.54, 1.807) is 0 Å². The molecular formula is C13H14O5. The van der Waals surface area contributed by atoms with Crippen molar-refractivity contribution in [2.75, 3.05) is 6.61 Å². The quantitative estimate of drug-likeness (QED) is 0.565. The summed E-state index contributed by atoms with van der Waals surface area (Å²) in [6, 6.07) is 0. The summed E-state index contributed by atoms with van der Waals surface area (Å²) in [5, 5.41) is 8.87. The molecule has 6 unspecified atom stereocenters. The second-order valence-electron chi connectivity index (χ2n) is 5.92. The molecule has 5 nitrogen and oxygen atoms in total. The van der Waals surface area contributed by atoms with E-state index >= 15 is 0 Å². The van der Waals surface area contributed by atoms with Gasteiger partial charge in [-0.2, -0.15) is 0 Å². The van der Waals surface area contributed by atoms with Crippen LogP contribution in [0.3, 0.4) is 0 Å². The summed E-state index contributed by atoms with van der Waals surface area (Å²) in [5.41, 5.74) is 0.0321. The Morgan fingerprint density at radius 3 is 3.06 bits per heavy atom. The van der Waals surface area contributed by atoms with Crippen molar-refractivity contribution in [1.29, 1.82) is 0 Å². The lowest BCUT2D eigenvalue weighted by Gasteiger charge is -2.30. The summed E-state index contributed by atoms with van der Waals surface area (Å²) >= 11 is 0. The lowest BCUT2D eigenvalue weighted by molar-refractivity contribution is -0.161. The minimum Gasteiger partial charge on any atom is -0.458 e. The fourth-order valence-corrected chi connectivity index (χ4v) is 4.41. The largest absolute Gasteiger partial charge is 0.458 e. The first kappa shape index (κ1) is 10.6. The molecule has 5 heteroatoms. The third kappa shape index (κ3) is 0.983. The van der Waals surface area contributed by atoms with Gasteiger partial charge in [-0.05, 0) is 18.8 Å². The topological polar surface area (TPSA) is 72.8 Å². The van der Waals surface area contributed by atoms with Gasteiger partial charge in [0.15, 0.2) is 0 Å². The molecule has 0 aromatic heterocycles. The standard InChI is InChI=1S/C13H14O5/c1-5(4-14)11(15)18-10-9-8-6(12(16)17-9)2-13(10)3-7(8)13/h6-10,14H,1-4H2. The monoisotopic (exact) mass is 250 g/mol. The fraction of sp³-hybridized carbons (Fsp3) is 0.692. The molecule has 3 saturated carbocycles. The number of carbonyl (C=O) groups is 2. The Hall–Kier alpha value is -1.36. The van der Waals surface area contributed by atoms with Crippen molar-refractivity contribution in [3.63, 3.8) is 0 Å². The molecule has 18 heavy (non-hydrogen) atoms. The first-order valence-electron chi connectivity index (χ1n) is 6.28. The highest BCUT2D eigenvalue weighted by Crippen LogP contribution is 2.79. The normalized spacial score (nSPS) is 49.8. The number of hydrogen-bond acceptors (Lipinski definition) is 5. The summed E-state index contributed by atoms with van der Waals surface area (Å²) in [4.78, 5) is 23.4. The van der Waals surface area contributed by atoms with Crippen LogP contribution in [0.4, 0.5) is 0 Å². The van der Waals surface area contributed by atoms with Gasteiger partial charge >= 0.3 is 11.9 Å². The van der Waals surface area contributed by atoms with E-state index in [1.807, 2.05) is 0 Å². The maximum Gasteiger partial charge on any atom is 0.336 e. The van der Waals surface area contributed by atoms with E-state index in [9.17, 15) is 9.59 Å². The molecule has 1 N–H and O–H groups in total. The Labute approximate surface area is 104 Å². The van der Waals surface area contributed by atoms with Gasteiger partial charge in [0.05, 0.1) is 18.1 Å². The Morgan fingerprint density at radius 1 is 1.56 bits per heavy atom. The number of esters is 2. The molecule has 4 rings (SSSR count). The minimum atomic E-state index is -0.574. The average molecular weight is 250 g/mol. The van der Waals surface area contributed by atoms with E-state index < -0.39 is 12.6 Å². The van der Waals surface area contributed by atoms with Crippen LogP contribution < -0.4 is 0 Å². The number of rotatable bonds is 3. The van der Waals surface area contributed by atoms with Crippen LogP contribution in [0.5, 0.6) is 0 Å². The molecule has 0 aromatic rings. The van der Waals surface area contributed by atoms with Gasteiger partial charge in [-0.25, -0.2) is 4.79 Å². The SMILES string of the molecule is C=C(CO)C(=O)OC1C2OC(=O)C3CC14CC4C32. The molecule has 1 saturated heterocycles. The lowest BCUT2D eigenvalue weighted by atomic mass is 9.79. The third-order valence-corrected chi connectivity index (χ3v) is 5.22. The second kappa shape index (κ2) is 2.96. The van der Waals surface area contributed by atoms with Crippen LogP contribution in [0.2, 0.25) is 0 Å². The lowest BCUT2D eigenvalue weighted by Crippen LogP contribution is -2.41. The third-order valence-electron chi connectivity index (χ3n) is 5.22. The van der Waals surface area contributed by atoms with E-state index in [2.05, 4.69) is 6.58 Å². The molecule has 0 spiro atoms. The fourth-order valence-electron chi connectivity index (χ4n) is 4.41. The smallest absolute Gasteiger partial charge is 0.336 e. The first-order chi connectivity index (χ1) is 8.58. The zero-order valence-corrected chi connectivity index (χ0v) is 9.80. The minimum absolute atomic E-state index is 0.0163. The zero-order chi connectivity index (χ0) is 12.7. The van der Waals surface area contributed by atoms with Crippen molar-refractivity contribution in [2.45, 2.75) is 25.0 Å². The van der Waals surface area contributed by atoms with Gasteiger partial charge in [0.1, 0.15) is 12.2 Å². The highest BCUT2D eigenvalue weighted by Gasteiger charge is 2.83. The van der Waals surface area contributed by atoms with E-state index in [0.29, 0.717) is 5.92 Å². The van der Waals surface area contributed by atoms with Crippen molar-refractivity contribution in [1.82, 2.24) is 0 Å². The molecule has 0 aromatic carbocycles. The van der Waals surface area contributed by atoms with Gasteiger partial charge in [0.25, 0.3) is 0 Å². The number of carbonyl (C=O) groups excluding carboxylic acids is 2. The zero-order valence-electron chi connectivity index (χ0n) is 9.80. The molecule has 4 aliphatic rings. The van der Waals surface area contributed by atoms with E-state index in [1.165, 1.54) is 0 Å². The molecule has 96 valence electrons. The molecule has 3 aliphatic carbocycles. The average Bonchev–Trinajstić information content (AvgIpc) is 2.78. The van der Waals surface area contributed by atoms with Crippen LogP contribution in [0.25, 0.3) is 0 Å². The Kier molecular flexibility index (Phi) is 1.74. The van der Waals surface area contributed by atoms with Crippen LogP contribution in [0.15, 0.2) is 12.2 Å². The Morgan fingerprint density at radius 2 is 2.33 bits per heavy atom. The van der Waals surface area contributed by atoms with Crippen LogP contribution in [-0.4, -0.2) is 35.9 Å². The van der Waals surface area contributed by atoms with Gasteiger partial charge in [-0.3, -0.25) is 4.79 Å². The Balaban J connectivity index is 1.59. The van der Waals surface area contributed by atoms with Crippen LogP contribution in [-0.2, 0) is 19.1 Å². The molecule has 0 radical (unpaired) electrons. The molecule has 0 amide bonds. The van der Waals surface area contributed by atoms with Gasteiger partial charge in [0, 0.05) is 11.3 Å².